The van der Waals surface area contributed by atoms with Gasteiger partial charge in [-0.3, -0.25) is 24.5 Å². The predicted octanol–water partition coefficient (Wildman–Crippen LogP) is 7.33. The monoisotopic (exact) mass is 757 g/mol. The molecule has 0 spiro atoms. The van der Waals surface area contributed by atoms with Gasteiger partial charge in [0.05, 0.1) is 21.7 Å². The van der Waals surface area contributed by atoms with Crippen molar-refractivity contribution in [2.45, 2.75) is 90.6 Å². The SMILES string of the molecule is CCN(C(=O)Cn1c(C(=O)N[C@H]2CC[C@H](C(=O)NCCCCCCCCOc3ccc([N+](=O)[O-])c4nonc34)CC2)cc2sccc21)c1cccc(C)c1. The van der Waals surface area contributed by atoms with Crippen molar-refractivity contribution in [2.75, 3.05) is 24.6 Å². The number of benzene rings is 2. The van der Waals surface area contributed by atoms with Crippen LogP contribution in [0.2, 0.25) is 0 Å². The van der Waals surface area contributed by atoms with E-state index in [1.165, 1.54) is 12.1 Å². The Morgan fingerprint density at radius 1 is 1.00 bits per heavy atom. The standard InChI is InChI=1S/C39H47N7O7S/c1-3-44(29-12-10-11-26(2)23-29)35(47)25-45-30-19-22-54-34(30)24-32(45)39(49)41-28-15-13-27(14-16-28)38(48)40-20-8-6-4-5-7-9-21-52-33-18-17-31(46(50)51)36-37(33)43-53-42-36/h10-12,17-19,22-24,27-28H,3-9,13-16,20-21,25H2,1-2H3,(H,40,48)(H,41,49)/t27-,28-. The Kier molecular flexibility index (Phi) is 12.9. The number of non-ortho nitro benzene ring substituents is 1. The largest absolute Gasteiger partial charge is 0.491 e. The molecule has 14 nitrogen and oxygen atoms in total. The van der Waals surface area contributed by atoms with Crippen LogP contribution in [0.15, 0.2) is 58.5 Å². The lowest BCUT2D eigenvalue weighted by molar-refractivity contribution is -0.383. The molecule has 0 bridgehead atoms. The molecule has 0 unspecified atom stereocenters. The molecule has 2 aromatic carbocycles. The molecule has 0 saturated heterocycles. The van der Waals surface area contributed by atoms with Crippen LogP contribution < -0.4 is 20.3 Å². The number of amides is 3. The van der Waals surface area contributed by atoms with Crippen molar-refractivity contribution >= 4 is 61.7 Å². The molecule has 5 aromatic rings. The van der Waals surface area contributed by atoms with Crippen molar-refractivity contribution in [1.82, 2.24) is 25.5 Å². The van der Waals surface area contributed by atoms with E-state index in [0.29, 0.717) is 44.0 Å². The molecule has 2 N–H and O–H groups in total. The Hall–Kier alpha value is -5.31. The van der Waals surface area contributed by atoms with Crippen LogP contribution in [-0.4, -0.2) is 63.3 Å². The molecule has 286 valence electrons. The summed E-state index contributed by atoms with van der Waals surface area (Å²) in [6.45, 7) is 5.64. The number of unbranched alkanes of at least 4 members (excludes halogenated alkanes) is 5. The Labute approximate surface area is 317 Å². The van der Waals surface area contributed by atoms with Gasteiger partial charge in [0.15, 0.2) is 11.3 Å². The van der Waals surface area contributed by atoms with Gasteiger partial charge in [-0.25, -0.2) is 4.63 Å². The number of aryl methyl sites for hydroxylation is 1. The molecule has 0 radical (unpaired) electrons. The highest BCUT2D eigenvalue weighted by Crippen LogP contribution is 2.31. The Morgan fingerprint density at radius 3 is 2.52 bits per heavy atom. The lowest BCUT2D eigenvalue weighted by Crippen LogP contribution is -2.42. The fraction of sp³-hybridized carbons (Fsp3) is 0.462. The van der Waals surface area contributed by atoms with Gasteiger partial charge < -0.3 is 24.8 Å². The van der Waals surface area contributed by atoms with Crippen LogP contribution in [0.5, 0.6) is 5.75 Å². The number of aromatic nitrogens is 3. The maximum Gasteiger partial charge on any atom is 0.301 e. The van der Waals surface area contributed by atoms with Gasteiger partial charge in [-0.1, -0.05) is 37.8 Å². The maximum atomic E-state index is 13.6. The molecular formula is C39H47N7O7S. The van der Waals surface area contributed by atoms with Gasteiger partial charge in [-0.05, 0) is 104 Å². The average Bonchev–Trinajstić information content (AvgIpc) is 3.91. The third kappa shape index (κ3) is 9.24. The summed E-state index contributed by atoms with van der Waals surface area (Å²) in [5, 5.41) is 26.8. The topological polar surface area (TPSA) is 175 Å². The zero-order chi connectivity index (χ0) is 38.0. The molecule has 15 heteroatoms. The highest BCUT2D eigenvalue weighted by molar-refractivity contribution is 7.17. The molecule has 54 heavy (non-hydrogen) atoms. The number of likely N-dealkylation sites (N-methyl/N-ethyl adjacent to an activating group) is 1. The fourth-order valence-corrected chi connectivity index (χ4v) is 8.00. The summed E-state index contributed by atoms with van der Waals surface area (Å²) in [7, 11) is 0. The summed E-state index contributed by atoms with van der Waals surface area (Å²) < 4.78 is 13.2. The van der Waals surface area contributed by atoms with E-state index in [4.69, 9.17) is 4.74 Å². The number of carbonyl (C=O) groups is 3. The van der Waals surface area contributed by atoms with E-state index in [-0.39, 0.29) is 52.9 Å². The van der Waals surface area contributed by atoms with Gasteiger partial charge in [-0.15, -0.1) is 11.3 Å². The number of carbonyl (C=O) groups excluding carboxylic acids is 3. The molecule has 1 saturated carbocycles. The van der Waals surface area contributed by atoms with Gasteiger partial charge in [0.2, 0.25) is 17.3 Å². The van der Waals surface area contributed by atoms with Crippen LogP contribution in [0.1, 0.15) is 87.2 Å². The zero-order valence-corrected chi connectivity index (χ0v) is 31.6. The minimum absolute atomic E-state index is 0.0297. The van der Waals surface area contributed by atoms with Crippen LogP contribution in [0.25, 0.3) is 21.3 Å². The third-order valence-corrected chi connectivity index (χ3v) is 10.9. The second kappa shape index (κ2) is 18.1. The number of hydrogen-bond donors (Lipinski definition) is 2. The van der Waals surface area contributed by atoms with Crippen molar-refractivity contribution in [3.8, 4) is 5.75 Å². The fourth-order valence-electron chi connectivity index (χ4n) is 7.18. The number of hydrogen-bond acceptors (Lipinski definition) is 10. The van der Waals surface area contributed by atoms with E-state index in [1.807, 2.05) is 60.2 Å². The third-order valence-electron chi connectivity index (χ3n) is 10.1. The number of anilines is 1. The maximum absolute atomic E-state index is 13.6. The zero-order valence-electron chi connectivity index (χ0n) is 30.8. The summed E-state index contributed by atoms with van der Waals surface area (Å²) in [6, 6.07) is 14.5. The van der Waals surface area contributed by atoms with Crippen LogP contribution in [-0.2, 0) is 16.1 Å². The van der Waals surface area contributed by atoms with E-state index in [1.54, 1.807) is 16.2 Å². The molecule has 6 rings (SSSR count). The molecular weight excluding hydrogens is 711 g/mol. The Bertz CT molecular complexity index is 2080. The van der Waals surface area contributed by atoms with Crippen molar-refractivity contribution in [2.24, 2.45) is 5.92 Å². The van der Waals surface area contributed by atoms with E-state index >= 15 is 0 Å². The Balaban J connectivity index is 0.868. The summed E-state index contributed by atoms with van der Waals surface area (Å²) >= 11 is 1.55. The number of nitrogens with zero attached hydrogens (tertiary/aromatic N) is 5. The van der Waals surface area contributed by atoms with Gasteiger partial charge in [0.1, 0.15) is 12.2 Å². The first-order valence-electron chi connectivity index (χ1n) is 18.8. The van der Waals surface area contributed by atoms with Crippen LogP contribution in [0, 0.1) is 23.0 Å². The second-order valence-corrected chi connectivity index (χ2v) is 14.8. The first kappa shape index (κ1) is 38.4. The van der Waals surface area contributed by atoms with E-state index in [0.717, 1.165) is 72.8 Å². The molecule has 0 atom stereocenters. The van der Waals surface area contributed by atoms with Crippen molar-refractivity contribution in [1.29, 1.82) is 0 Å². The normalized spacial score (nSPS) is 15.7. The van der Waals surface area contributed by atoms with E-state index in [2.05, 4.69) is 25.6 Å². The average molecular weight is 758 g/mol. The molecule has 1 aliphatic carbocycles. The van der Waals surface area contributed by atoms with Gasteiger partial charge in [-0.2, -0.15) is 0 Å². The first-order valence-corrected chi connectivity index (χ1v) is 19.7. The molecule has 1 aliphatic rings. The number of fused-ring (bicyclic) bond motifs is 2. The van der Waals surface area contributed by atoms with Crippen LogP contribution >= 0.6 is 11.3 Å². The molecule has 3 aromatic heterocycles. The van der Waals surface area contributed by atoms with E-state index in [9.17, 15) is 24.5 Å². The summed E-state index contributed by atoms with van der Waals surface area (Å²) in [5.74, 6) is 0.169. The predicted molar refractivity (Wildman–Crippen MR) is 207 cm³/mol. The first-order chi connectivity index (χ1) is 26.2. The summed E-state index contributed by atoms with van der Waals surface area (Å²) in [5.41, 5.74) is 3.43. The Morgan fingerprint density at radius 2 is 1.76 bits per heavy atom. The minimum Gasteiger partial charge on any atom is -0.491 e. The van der Waals surface area contributed by atoms with Crippen molar-refractivity contribution < 1.29 is 28.7 Å². The number of rotatable bonds is 18. The molecule has 1 fully saturated rings. The number of ether oxygens (including phenoxy) is 1. The number of nitrogens with one attached hydrogen (secondary N) is 2. The van der Waals surface area contributed by atoms with Crippen molar-refractivity contribution in [3.05, 3.63) is 75.3 Å². The highest BCUT2D eigenvalue weighted by Gasteiger charge is 2.29. The minimum atomic E-state index is -0.528. The van der Waals surface area contributed by atoms with Crippen molar-refractivity contribution in [3.63, 3.8) is 0 Å². The number of nitro benzene ring substituents is 1. The van der Waals surface area contributed by atoms with E-state index < -0.39 is 4.92 Å². The lowest BCUT2D eigenvalue weighted by atomic mass is 9.85. The smallest absolute Gasteiger partial charge is 0.301 e. The quantitative estimate of drug-likeness (QED) is 0.0527. The molecule has 3 amide bonds. The molecule has 3 heterocycles. The van der Waals surface area contributed by atoms with Gasteiger partial charge in [0, 0.05) is 36.8 Å². The summed E-state index contributed by atoms with van der Waals surface area (Å²) in [6.07, 6.45) is 8.71. The van der Waals surface area contributed by atoms with Crippen LogP contribution in [0.3, 0.4) is 0 Å². The highest BCUT2D eigenvalue weighted by atomic mass is 32.1. The van der Waals surface area contributed by atoms with Gasteiger partial charge >= 0.3 is 5.69 Å². The summed E-state index contributed by atoms with van der Waals surface area (Å²) in [4.78, 5) is 52.4. The number of nitro groups is 1. The second-order valence-electron chi connectivity index (χ2n) is 13.8. The van der Waals surface area contributed by atoms with Gasteiger partial charge in [0.25, 0.3) is 5.91 Å². The van der Waals surface area contributed by atoms with Crippen LogP contribution in [0.4, 0.5) is 11.4 Å². The lowest BCUT2D eigenvalue weighted by Gasteiger charge is -2.28. The number of thiophene rings is 1. The molecule has 0 aliphatic heterocycles.